The van der Waals surface area contributed by atoms with Crippen molar-refractivity contribution in [1.29, 1.82) is 0 Å². The Morgan fingerprint density at radius 3 is 2.62 bits per heavy atom. The van der Waals surface area contributed by atoms with E-state index in [2.05, 4.69) is 5.32 Å². The van der Waals surface area contributed by atoms with Crippen molar-refractivity contribution < 1.29 is 14.4 Å². The van der Waals surface area contributed by atoms with Crippen LogP contribution in [0.4, 0.5) is 0 Å². The van der Waals surface area contributed by atoms with Gasteiger partial charge in [0.1, 0.15) is 0 Å². The Hall–Kier alpha value is -2.21. The third-order valence-electron chi connectivity index (χ3n) is 3.40. The van der Waals surface area contributed by atoms with Gasteiger partial charge in [-0.25, -0.2) is 0 Å². The first-order valence-corrected chi connectivity index (χ1v) is 7.08. The third-order valence-corrected chi connectivity index (χ3v) is 3.40. The number of amides is 3. The Balaban J connectivity index is 2.23. The molecule has 21 heavy (non-hydrogen) atoms. The summed E-state index contributed by atoms with van der Waals surface area (Å²) in [5.74, 6) is -0.898. The van der Waals surface area contributed by atoms with Crippen LogP contribution in [0.15, 0.2) is 18.2 Å². The first-order valence-electron chi connectivity index (χ1n) is 7.08. The van der Waals surface area contributed by atoms with Gasteiger partial charge < -0.3 is 11.1 Å². The molecule has 0 aromatic heterocycles. The number of benzene rings is 1. The van der Waals surface area contributed by atoms with E-state index in [1.807, 2.05) is 6.92 Å². The minimum Gasteiger partial charge on any atom is -0.351 e. The number of imide groups is 1. The number of carbonyl (C=O) groups excluding carboxylic acids is 3. The van der Waals surface area contributed by atoms with E-state index in [9.17, 15) is 14.4 Å². The molecule has 3 amide bonds. The van der Waals surface area contributed by atoms with Gasteiger partial charge in [-0.1, -0.05) is 13.3 Å². The second kappa shape index (κ2) is 6.49. The van der Waals surface area contributed by atoms with Crippen molar-refractivity contribution in [3.8, 4) is 0 Å². The molecular formula is C15H19N3O3. The molecule has 0 unspecified atom stereocenters. The monoisotopic (exact) mass is 289 g/mol. The highest BCUT2D eigenvalue weighted by atomic mass is 16.2. The molecule has 0 saturated carbocycles. The summed E-state index contributed by atoms with van der Waals surface area (Å²) < 4.78 is 0. The van der Waals surface area contributed by atoms with Gasteiger partial charge in [0, 0.05) is 25.2 Å². The summed E-state index contributed by atoms with van der Waals surface area (Å²) in [7, 11) is 0. The van der Waals surface area contributed by atoms with Gasteiger partial charge in [-0.05, 0) is 24.6 Å². The molecule has 2 rings (SSSR count). The summed E-state index contributed by atoms with van der Waals surface area (Å²) in [6, 6.07) is 4.57. The number of hydrogen-bond acceptors (Lipinski definition) is 4. The van der Waals surface area contributed by atoms with Gasteiger partial charge in [0.15, 0.2) is 0 Å². The SMILES string of the molecule is CCCCN1C(=O)c2ccc(C(=O)NCCN)cc2C1=O. The van der Waals surface area contributed by atoms with Crippen molar-refractivity contribution in [2.45, 2.75) is 19.8 Å². The Morgan fingerprint density at radius 1 is 1.24 bits per heavy atom. The fourth-order valence-electron chi connectivity index (χ4n) is 2.24. The molecule has 0 fully saturated rings. The largest absolute Gasteiger partial charge is 0.351 e. The van der Waals surface area contributed by atoms with E-state index in [4.69, 9.17) is 5.73 Å². The summed E-state index contributed by atoms with van der Waals surface area (Å²) in [5, 5.41) is 2.64. The number of nitrogens with two attached hydrogens (primary N) is 1. The Bertz CT molecular complexity index is 584. The molecule has 112 valence electrons. The Labute approximate surface area is 123 Å². The Morgan fingerprint density at radius 2 is 1.95 bits per heavy atom. The number of rotatable bonds is 6. The molecule has 1 aliphatic heterocycles. The van der Waals surface area contributed by atoms with Gasteiger partial charge in [0.05, 0.1) is 11.1 Å². The highest BCUT2D eigenvalue weighted by Crippen LogP contribution is 2.24. The third kappa shape index (κ3) is 2.95. The van der Waals surface area contributed by atoms with Gasteiger partial charge >= 0.3 is 0 Å². The maximum atomic E-state index is 12.3. The molecule has 6 heteroatoms. The summed E-state index contributed by atoms with van der Waals surface area (Å²) in [5.41, 5.74) is 6.36. The average Bonchev–Trinajstić information content (AvgIpc) is 2.74. The number of hydrogen-bond donors (Lipinski definition) is 2. The molecule has 0 radical (unpaired) electrons. The van der Waals surface area contributed by atoms with E-state index < -0.39 is 0 Å². The zero-order valence-electron chi connectivity index (χ0n) is 12.0. The van der Waals surface area contributed by atoms with E-state index in [0.29, 0.717) is 36.3 Å². The van der Waals surface area contributed by atoms with Crippen LogP contribution >= 0.6 is 0 Å². The molecule has 1 aromatic rings. The van der Waals surface area contributed by atoms with Crippen LogP contribution in [0, 0.1) is 0 Å². The first kappa shape index (κ1) is 15.2. The van der Waals surface area contributed by atoms with Crippen LogP contribution in [0.25, 0.3) is 0 Å². The Kier molecular flexibility index (Phi) is 4.70. The van der Waals surface area contributed by atoms with E-state index in [-0.39, 0.29) is 17.7 Å². The van der Waals surface area contributed by atoms with Crippen LogP contribution < -0.4 is 11.1 Å². The van der Waals surface area contributed by atoms with Gasteiger partial charge in [-0.15, -0.1) is 0 Å². The van der Waals surface area contributed by atoms with Crippen LogP contribution in [0.1, 0.15) is 50.8 Å². The molecule has 6 nitrogen and oxygen atoms in total. The molecule has 0 saturated heterocycles. The fraction of sp³-hybridized carbons (Fsp3) is 0.400. The van der Waals surface area contributed by atoms with Crippen LogP contribution in [-0.2, 0) is 0 Å². The van der Waals surface area contributed by atoms with Gasteiger partial charge in [-0.3, -0.25) is 19.3 Å². The second-order valence-corrected chi connectivity index (χ2v) is 4.92. The summed E-state index contributed by atoms with van der Waals surface area (Å²) in [6.07, 6.45) is 1.68. The zero-order chi connectivity index (χ0) is 15.4. The van der Waals surface area contributed by atoms with E-state index in [1.165, 1.54) is 11.0 Å². The molecule has 0 spiro atoms. The number of nitrogens with one attached hydrogen (secondary N) is 1. The van der Waals surface area contributed by atoms with Crippen LogP contribution in [0.5, 0.6) is 0 Å². The summed E-state index contributed by atoms with van der Waals surface area (Å²) >= 11 is 0. The topological polar surface area (TPSA) is 92.5 Å². The van der Waals surface area contributed by atoms with Gasteiger partial charge in [0.25, 0.3) is 17.7 Å². The van der Waals surface area contributed by atoms with Crippen molar-refractivity contribution in [3.05, 3.63) is 34.9 Å². The minimum absolute atomic E-state index is 0.280. The number of fused-ring (bicyclic) bond motifs is 1. The molecule has 0 atom stereocenters. The lowest BCUT2D eigenvalue weighted by Crippen LogP contribution is -2.30. The van der Waals surface area contributed by atoms with Crippen molar-refractivity contribution in [2.75, 3.05) is 19.6 Å². The molecular weight excluding hydrogens is 270 g/mol. The first-order chi connectivity index (χ1) is 10.1. The normalized spacial score (nSPS) is 13.5. The standard InChI is InChI=1S/C15H19N3O3/c1-2-3-8-18-14(20)11-5-4-10(9-12(11)15(18)21)13(19)17-7-6-16/h4-5,9H,2-3,6-8,16H2,1H3,(H,17,19). The van der Waals surface area contributed by atoms with Crippen LogP contribution in [0.3, 0.4) is 0 Å². The smallest absolute Gasteiger partial charge is 0.261 e. The zero-order valence-corrected chi connectivity index (χ0v) is 12.0. The van der Waals surface area contributed by atoms with Gasteiger partial charge in [-0.2, -0.15) is 0 Å². The van der Waals surface area contributed by atoms with E-state index >= 15 is 0 Å². The predicted molar refractivity (Wildman–Crippen MR) is 78.1 cm³/mol. The van der Waals surface area contributed by atoms with Crippen molar-refractivity contribution in [2.24, 2.45) is 5.73 Å². The van der Waals surface area contributed by atoms with E-state index in [1.54, 1.807) is 12.1 Å². The highest BCUT2D eigenvalue weighted by molar-refractivity contribution is 6.22. The van der Waals surface area contributed by atoms with Crippen molar-refractivity contribution >= 4 is 17.7 Å². The lowest BCUT2D eigenvalue weighted by molar-refractivity contribution is 0.0652. The van der Waals surface area contributed by atoms with E-state index in [0.717, 1.165) is 12.8 Å². The minimum atomic E-state index is -0.322. The lowest BCUT2D eigenvalue weighted by atomic mass is 10.1. The molecule has 0 bridgehead atoms. The average molecular weight is 289 g/mol. The number of carbonyl (C=O) groups is 3. The molecule has 0 aliphatic carbocycles. The number of unbranched alkanes of at least 4 members (excludes halogenated alkanes) is 1. The number of nitrogens with zero attached hydrogens (tertiary/aromatic N) is 1. The predicted octanol–water partition coefficient (Wildman–Crippen LogP) is 0.771. The van der Waals surface area contributed by atoms with Gasteiger partial charge in [0.2, 0.25) is 0 Å². The van der Waals surface area contributed by atoms with Crippen LogP contribution in [-0.4, -0.2) is 42.3 Å². The maximum absolute atomic E-state index is 12.3. The molecule has 1 heterocycles. The fourth-order valence-corrected chi connectivity index (χ4v) is 2.24. The van der Waals surface area contributed by atoms with Crippen LogP contribution in [0.2, 0.25) is 0 Å². The van der Waals surface area contributed by atoms with Crippen molar-refractivity contribution in [3.63, 3.8) is 0 Å². The summed E-state index contributed by atoms with van der Waals surface area (Å²) in [4.78, 5) is 37.5. The second-order valence-electron chi connectivity index (χ2n) is 4.92. The molecule has 3 N–H and O–H groups in total. The molecule has 1 aromatic carbocycles. The highest BCUT2D eigenvalue weighted by Gasteiger charge is 2.35. The van der Waals surface area contributed by atoms with Crippen molar-refractivity contribution in [1.82, 2.24) is 10.2 Å². The lowest BCUT2D eigenvalue weighted by Gasteiger charge is -2.12. The molecule has 1 aliphatic rings. The maximum Gasteiger partial charge on any atom is 0.261 e. The summed E-state index contributed by atoms with van der Waals surface area (Å²) in [6.45, 7) is 3.12. The quantitative estimate of drug-likeness (QED) is 0.757.